The van der Waals surface area contributed by atoms with Gasteiger partial charge in [0.1, 0.15) is 16.7 Å². The van der Waals surface area contributed by atoms with Crippen LogP contribution in [0.1, 0.15) is 35.1 Å². The molecule has 4 heterocycles. The van der Waals surface area contributed by atoms with Gasteiger partial charge in [-0.05, 0) is 37.1 Å². The highest BCUT2D eigenvalue weighted by molar-refractivity contribution is 6.34. The third kappa shape index (κ3) is 3.07. The van der Waals surface area contributed by atoms with Crippen molar-refractivity contribution in [2.45, 2.75) is 18.8 Å². The zero-order valence-electron chi connectivity index (χ0n) is 13.3. The monoisotopic (exact) mass is 375 g/mol. The molecule has 4 rings (SSSR count). The van der Waals surface area contributed by atoms with Crippen molar-refractivity contribution in [3.05, 3.63) is 58.2 Å². The summed E-state index contributed by atoms with van der Waals surface area (Å²) in [5.41, 5.74) is 1.00. The van der Waals surface area contributed by atoms with Crippen molar-refractivity contribution < 1.29 is 4.79 Å². The summed E-state index contributed by atoms with van der Waals surface area (Å²) in [6, 6.07) is 8.95. The van der Waals surface area contributed by atoms with Crippen LogP contribution in [0.4, 0.5) is 0 Å². The highest BCUT2D eigenvalue weighted by atomic mass is 35.5. The van der Waals surface area contributed by atoms with Gasteiger partial charge in [-0.15, -0.1) is 10.2 Å². The van der Waals surface area contributed by atoms with E-state index >= 15 is 0 Å². The molecule has 1 atom stereocenters. The number of carbonyl (C=O) groups is 1. The van der Waals surface area contributed by atoms with E-state index in [1.165, 1.54) is 0 Å². The molecule has 0 aliphatic carbocycles. The molecule has 0 spiro atoms. The Bertz CT molecular complexity index is 942. The molecule has 1 saturated heterocycles. The maximum Gasteiger partial charge on any atom is 0.274 e. The molecular weight excluding hydrogens is 361 g/mol. The predicted molar refractivity (Wildman–Crippen MR) is 95.1 cm³/mol. The molecule has 1 fully saturated rings. The molecule has 0 aromatic carbocycles. The average molecular weight is 376 g/mol. The van der Waals surface area contributed by atoms with Crippen LogP contribution in [0, 0.1) is 0 Å². The number of pyridine rings is 2. The predicted octanol–water partition coefficient (Wildman–Crippen LogP) is 3.45. The van der Waals surface area contributed by atoms with Crippen LogP contribution in [0.25, 0.3) is 5.65 Å². The first-order chi connectivity index (χ1) is 12.1. The van der Waals surface area contributed by atoms with Gasteiger partial charge in [0.25, 0.3) is 5.91 Å². The Morgan fingerprint density at radius 1 is 1.16 bits per heavy atom. The van der Waals surface area contributed by atoms with Gasteiger partial charge in [0.05, 0.1) is 5.02 Å². The summed E-state index contributed by atoms with van der Waals surface area (Å²) in [5.74, 6) is 0.789. The number of likely N-dealkylation sites (tertiary alicyclic amines) is 1. The molecule has 1 unspecified atom stereocenters. The molecule has 8 heteroatoms. The minimum absolute atomic E-state index is 0.119. The third-order valence-corrected chi connectivity index (χ3v) is 4.94. The Hall–Kier alpha value is -2.18. The van der Waals surface area contributed by atoms with Gasteiger partial charge < -0.3 is 4.90 Å². The first-order valence-electron chi connectivity index (χ1n) is 8.04. The van der Waals surface area contributed by atoms with E-state index in [1.54, 1.807) is 17.0 Å². The van der Waals surface area contributed by atoms with Crippen molar-refractivity contribution in [3.63, 3.8) is 0 Å². The summed E-state index contributed by atoms with van der Waals surface area (Å²) in [6.07, 6.45) is 3.79. The topological polar surface area (TPSA) is 63.4 Å². The lowest BCUT2D eigenvalue weighted by atomic mass is 9.97. The molecule has 0 bridgehead atoms. The largest absolute Gasteiger partial charge is 0.337 e. The fourth-order valence-electron chi connectivity index (χ4n) is 3.23. The summed E-state index contributed by atoms with van der Waals surface area (Å²) in [6.45, 7) is 1.22. The molecule has 1 amide bonds. The van der Waals surface area contributed by atoms with E-state index in [0.717, 1.165) is 24.3 Å². The van der Waals surface area contributed by atoms with Crippen LogP contribution in [0.5, 0.6) is 0 Å². The normalized spacial score (nSPS) is 17.8. The highest BCUT2D eigenvalue weighted by Crippen LogP contribution is 2.28. The minimum Gasteiger partial charge on any atom is -0.337 e. The Labute approximate surface area is 154 Å². The van der Waals surface area contributed by atoms with Crippen LogP contribution in [0.2, 0.25) is 10.2 Å². The Morgan fingerprint density at radius 3 is 2.92 bits per heavy atom. The lowest BCUT2D eigenvalue weighted by Crippen LogP contribution is -2.40. The van der Waals surface area contributed by atoms with E-state index in [9.17, 15) is 4.79 Å². The number of nitrogens with zero attached hydrogens (tertiary/aromatic N) is 5. The van der Waals surface area contributed by atoms with Gasteiger partial charge in [0.15, 0.2) is 5.65 Å². The highest BCUT2D eigenvalue weighted by Gasteiger charge is 2.29. The molecule has 3 aromatic heterocycles. The Kier molecular flexibility index (Phi) is 4.31. The van der Waals surface area contributed by atoms with E-state index in [4.69, 9.17) is 23.2 Å². The van der Waals surface area contributed by atoms with Crippen LogP contribution in [0.15, 0.2) is 36.5 Å². The van der Waals surface area contributed by atoms with Crippen molar-refractivity contribution in [1.82, 2.24) is 24.5 Å². The zero-order valence-corrected chi connectivity index (χ0v) is 14.8. The standard InChI is InChI=1S/C17H15Cl2N5O/c18-12-6-7-13(19)20-15(12)17(25)23-8-3-4-11(10-23)16-22-21-14-5-1-2-9-24(14)16/h1-2,5-7,9,11H,3-4,8,10H2. The number of aromatic nitrogens is 4. The second-order valence-electron chi connectivity index (χ2n) is 6.04. The lowest BCUT2D eigenvalue weighted by Gasteiger charge is -2.31. The van der Waals surface area contributed by atoms with Crippen LogP contribution < -0.4 is 0 Å². The van der Waals surface area contributed by atoms with Crippen LogP contribution in [-0.2, 0) is 0 Å². The van der Waals surface area contributed by atoms with E-state index in [1.807, 2.05) is 28.8 Å². The van der Waals surface area contributed by atoms with Gasteiger partial charge in [-0.1, -0.05) is 29.3 Å². The van der Waals surface area contributed by atoms with Crippen molar-refractivity contribution in [2.75, 3.05) is 13.1 Å². The van der Waals surface area contributed by atoms with E-state index in [-0.39, 0.29) is 22.7 Å². The number of carbonyl (C=O) groups excluding carboxylic acids is 1. The fourth-order valence-corrected chi connectivity index (χ4v) is 3.56. The van der Waals surface area contributed by atoms with Gasteiger partial charge in [-0.2, -0.15) is 0 Å². The average Bonchev–Trinajstić information content (AvgIpc) is 3.07. The van der Waals surface area contributed by atoms with Crippen molar-refractivity contribution in [1.29, 1.82) is 0 Å². The maximum absolute atomic E-state index is 12.8. The number of rotatable bonds is 2. The van der Waals surface area contributed by atoms with Crippen LogP contribution >= 0.6 is 23.2 Å². The molecule has 0 radical (unpaired) electrons. The third-order valence-electron chi connectivity index (χ3n) is 4.43. The lowest BCUT2D eigenvalue weighted by molar-refractivity contribution is 0.0698. The summed E-state index contributed by atoms with van der Waals surface area (Å²) in [4.78, 5) is 18.7. The second kappa shape index (κ2) is 6.61. The van der Waals surface area contributed by atoms with E-state index in [2.05, 4.69) is 15.2 Å². The SMILES string of the molecule is O=C(c1nc(Cl)ccc1Cl)N1CCCC(c2nnc3ccccn23)C1. The van der Waals surface area contributed by atoms with Gasteiger partial charge in [-0.25, -0.2) is 4.98 Å². The van der Waals surface area contributed by atoms with Crippen LogP contribution in [-0.4, -0.2) is 43.5 Å². The molecule has 25 heavy (non-hydrogen) atoms. The van der Waals surface area contributed by atoms with Gasteiger partial charge in [0, 0.05) is 25.2 Å². The molecule has 1 aliphatic rings. The van der Waals surface area contributed by atoms with Crippen molar-refractivity contribution >= 4 is 34.8 Å². The van der Waals surface area contributed by atoms with Crippen molar-refractivity contribution in [2.24, 2.45) is 0 Å². The number of hydrogen-bond donors (Lipinski definition) is 0. The van der Waals surface area contributed by atoms with Gasteiger partial charge in [0.2, 0.25) is 0 Å². The van der Waals surface area contributed by atoms with Crippen molar-refractivity contribution in [3.8, 4) is 0 Å². The second-order valence-corrected chi connectivity index (χ2v) is 6.84. The molecule has 128 valence electrons. The number of hydrogen-bond acceptors (Lipinski definition) is 4. The fraction of sp³-hybridized carbons (Fsp3) is 0.294. The van der Waals surface area contributed by atoms with Gasteiger partial charge in [-0.3, -0.25) is 9.20 Å². The minimum atomic E-state index is -0.203. The molecule has 6 nitrogen and oxygen atoms in total. The summed E-state index contributed by atoms with van der Waals surface area (Å²) < 4.78 is 1.98. The smallest absolute Gasteiger partial charge is 0.274 e. The Morgan fingerprint density at radius 2 is 2.04 bits per heavy atom. The molecular formula is C17H15Cl2N5O. The van der Waals surface area contributed by atoms with Gasteiger partial charge >= 0.3 is 0 Å². The molecule has 1 aliphatic heterocycles. The molecule has 3 aromatic rings. The zero-order chi connectivity index (χ0) is 17.4. The molecule has 0 saturated carbocycles. The molecule has 0 N–H and O–H groups in total. The van der Waals surface area contributed by atoms with Crippen LogP contribution in [0.3, 0.4) is 0 Å². The van der Waals surface area contributed by atoms with E-state index < -0.39 is 0 Å². The number of halogens is 2. The summed E-state index contributed by atoms with van der Waals surface area (Å²) >= 11 is 12.0. The first-order valence-corrected chi connectivity index (χ1v) is 8.80. The van der Waals surface area contributed by atoms with E-state index in [0.29, 0.717) is 18.1 Å². The first kappa shape index (κ1) is 16.3. The quantitative estimate of drug-likeness (QED) is 0.643. The number of fused-ring (bicyclic) bond motifs is 1. The maximum atomic E-state index is 12.8. The summed E-state index contributed by atoms with van der Waals surface area (Å²) in [5, 5.41) is 9.10. The summed E-state index contributed by atoms with van der Waals surface area (Å²) in [7, 11) is 0. The number of piperidine rings is 1. The number of amides is 1. The Balaban J connectivity index is 1.61.